The van der Waals surface area contributed by atoms with E-state index in [1.165, 1.54) is 46.4 Å². The number of carbonyl (C=O) groups excluding carboxylic acids is 1. The summed E-state index contributed by atoms with van der Waals surface area (Å²) in [6, 6.07) is 8.05. The second kappa shape index (κ2) is 10.0. The molecule has 0 saturated heterocycles. The molecule has 170 valence electrons. The third-order valence-corrected chi connectivity index (χ3v) is 8.37. The molecule has 1 heterocycles. The van der Waals surface area contributed by atoms with Gasteiger partial charge >= 0.3 is 0 Å². The predicted molar refractivity (Wildman–Crippen MR) is 123 cm³/mol. The van der Waals surface area contributed by atoms with Crippen LogP contribution in [0.3, 0.4) is 0 Å². The van der Waals surface area contributed by atoms with Gasteiger partial charge in [-0.3, -0.25) is 4.79 Å². The summed E-state index contributed by atoms with van der Waals surface area (Å²) in [7, 11) is -2.05. The van der Waals surface area contributed by atoms with Gasteiger partial charge in [0.2, 0.25) is 10.0 Å². The van der Waals surface area contributed by atoms with Crippen LogP contribution in [0.1, 0.15) is 24.2 Å². The third kappa shape index (κ3) is 5.15. The minimum absolute atomic E-state index is 0.0187. The second-order valence-electron chi connectivity index (χ2n) is 6.75. The van der Waals surface area contributed by atoms with Crippen molar-refractivity contribution >= 4 is 45.0 Å². The van der Waals surface area contributed by atoms with E-state index >= 15 is 0 Å². The van der Waals surface area contributed by atoms with Gasteiger partial charge in [0, 0.05) is 43.0 Å². The molecule has 3 rings (SSSR count). The highest BCUT2D eigenvalue weighted by Crippen LogP contribution is 2.33. The maximum absolute atomic E-state index is 13.9. The normalized spacial score (nSPS) is 11.7. The summed E-state index contributed by atoms with van der Waals surface area (Å²) in [5.74, 6) is -1.12. The van der Waals surface area contributed by atoms with E-state index in [0.29, 0.717) is 10.1 Å². The molecule has 7 nitrogen and oxygen atoms in total. The van der Waals surface area contributed by atoms with Crippen molar-refractivity contribution in [3.8, 4) is 0 Å². The highest BCUT2D eigenvalue weighted by atomic mass is 35.5. The van der Waals surface area contributed by atoms with Gasteiger partial charge in [-0.1, -0.05) is 25.4 Å². The number of nitrogens with one attached hydrogen (secondary N) is 1. The minimum Gasteiger partial charge on any atom is -0.329 e. The number of anilines is 1. The van der Waals surface area contributed by atoms with Crippen molar-refractivity contribution in [2.24, 2.45) is 7.05 Å². The summed E-state index contributed by atoms with van der Waals surface area (Å²) >= 11 is 7.40. The molecule has 0 atom stereocenters. The molecular formula is C21H22ClFN4O3S2. The first-order valence-corrected chi connectivity index (χ1v) is 12.4. The molecular weight excluding hydrogens is 475 g/mol. The van der Waals surface area contributed by atoms with Crippen LogP contribution in [-0.4, -0.2) is 41.3 Å². The quantitative estimate of drug-likeness (QED) is 0.491. The summed E-state index contributed by atoms with van der Waals surface area (Å²) in [5, 5.41) is 3.34. The molecule has 3 aromatic rings. The number of hydrogen-bond donors (Lipinski definition) is 1. The first kappa shape index (κ1) is 24.2. The minimum atomic E-state index is -3.87. The third-order valence-electron chi connectivity index (χ3n) is 4.68. The van der Waals surface area contributed by atoms with Crippen molar-refractivity contribution in [3.05, 3.63) is 65.2 Å². The molecule has 11 heteroatoms. The first-order chi connectivity index (χ1) is 15.2. The number of aryl methyl sites for hydroxylation is 1. The lowest BCUT2D eigenvalue weighted by molar-refractivity contribution is 0.102. The number of aromatic nitrogens is 2. The fourth-order valence-electron chi connectivity index (χ4n) is 2.98. The van der Waals surface area contributed by atoms with Gasteiger partial charge in [-0.25, -0.2) is 17.8 Å². The van der Waals surface area contributed by atoms with Gasteiger partial charge in [0.05, 0.1) is 10.7 Å². The fraction of sp³-hybridized carbons (Fsp3) is 0.238. The van der Waals surface area contributed by atoms with Crippen molar-refractivity contribution in [3.63, 3.8) is 0 Å². The number of halogens is 2. The van der Waals surface area contributed by atoms with Crippen LogP contribution in [-0.2, 0) is 17.1 Å². The van der Waals surface area contributed by atoms with Gasteiger partial charge in [0.15, 0.2) is 5.16 Å². The maximum atomic E-state index is 13.9. The van der Waals surface area contributed by atoms with Crippen LogP contribution in [0.2, 0.25) is 5.02 Å². The number of amides is 1. The molecule has 32 heavy (non-hydrogen) atoms. The Morgan fingerprint density at radius 2 is 1.94 bits per heavy atom. The monoisotopic (exact) mass is 496 g/mol. The molecule has 2 aromatic carbocycles. The molecule has 0 fully saturated rings. The van der Waals surface area contributed by atoms with Gasteiger partial charge in [-0.2, -0.15) is 4.31 Å². The molecule has 0 aliphatic carbocycles. The summed E-state index contributed by atoms with van der Waals surface area (Å²) in [4.78, 5) is 17.6. The number of hydrogen-bond acceptors (Lipinski definition) is 5. The van der Waals surface area contributed by atoms with Crippen LogP contribution in [0.15, 0.2) is 63.7 Å². The molecule has 1 aromatic heterocycles. The Bertz CT molecular complexity index is 1240. The summed E-state index contributed by atoms with van der Waals surface area (Å²) in [5.41, 5.74) is 0.323. The number of benzene rings is 2. The topological polar surface area (TPSA) is 84.3 Å². The van der Waals surface area contributed by atoms with Crippen molar-refractivity contribution in [1.29, 1.82) is 0 Å². The van der Waals surface area contributed by atoms with Crippen LogP contribution < -0.4 is 5.32 Å². The van der Waals surface area contributed by atoms with Crippen LogP contribution >= 0.6 is 23.4 Å². The van der Waals surface area contributed by atoms with E-state index in [-0.39, 0.29) is 34.3 Å². The van der Waals surface area contributed by atoms with Crippen LogP contribution in [0.25, 0.3) is 0 Å². The van der Waals surface area contributed by atoms with E-state index in [0.717, 1.165) is 0 Å². The zero-order valence-corrected chi connectivity index (χ0v) is 20.1. The molecule has 1 N–H and O–H groups in total. The zero-order chi connectivity index (χ0) is 23.5. The van der Waals surface area contributed by atoms with E-state index in [9.17, 15) is 17.6 Å². The average molecular weight is 497 g/mol. The van der Waals surface area contributed by atoms with E-state index in [1.54, 1.807) is 36.9 Å². The van der Waals surface area contributed by atoms with E-state index < -0.39 is 21.7 Å². The Morgan fingerprint density at radius 3 is 2.56 bits per heavy atom. The Morgan fingerprint density at radius 1 is 1.22 bits per heavy atom. The molecule has 0 spiro atoms. The fourth-order valence-corrected chi connectivity index (χ4v) is 5.81. The maximum Gasteiger partial charge on any atom is 0.255 e. The first-order valence-electron chi connectivity index (χ1n) is 9.73. The number of nitrogens with zero attached hydrogens (tertiary/aromatic N) is 3. The predicted octanol–water partition coefficient (Wildman–Crippen LogP) is 4.65. The lowest BCUT2D eigenvalue weighted by Gasteiger charge is -2.19. The average Bonchev–Trinajstić information content (AvgIpc) is 3.15. The van der Waals surface area contributed by atoms with Gasteiger partial charge in [0.1, 0.15) is 10.7 Å². The van der Waals surface area contributed by atoms with Crippen molar-refractivity contribution < 1.29 is 17.6 Å². The number of carbonyl (C=O) groups is 1. The Balaban J connectivity index is 1.93. The van der Waals surface area contributed by atoms with E-state index in [4.69, 9.17) is 11.6 Å². The number of sulfonamides is 1. The van der Waals surface area contributed by atoms with Gasteiger partial charge in [-0.05, 0) is 48.2 Å². The number of imidazole rings is 1. The SMILES string of the molecule is CCN(CC)S(=O)(=O)c1cc(C(=O)Nc2cc(F)ccc2Sc2nccn2C)ccc1Cl. The van der Waals surface area contributed by atoms with Crippen LogP contribution in [0.4, 0.5) is 10.1 Å². The summed E-state index contributed by atoms with van der Waals surface area (Å²) < 4.78 is 42.8. The van der Waals surface area contributed by atoms with Crippen LogP contribution in [0.5, 0.6) is 0 Å². The molecule has 1 amide bonds. The molecule has 0 saturated carbocycles. The Kier molecular flexibility index (Phi) is 7.60. The van der Waals surface area contributed by atoms with E-state index in [2.05, 4.69) is 10.3 Å². The molecule has 0 aliphatic heterocycles. The smallest absolute Gasteiger partial charge is 0.255 e. The summed E-state index contributed by atoms with van der Waals surface area (Å²) in [6.45, 7) is 3.97. The van der Waals surface area contributed by atoms with Crippen molar-refractivity contribution in [2.45, 2.75) is 28.8 Å². The largest absolute Gasteiger partial charge is 0.329 e. The highest BCUT2D eigenvalue weighted by Gasteiger charge is 2.26. The zero-order valence-electron chi connectivity index (χ0n) is 17.7. The number of rotatable bonds is 8. The Labute approximate surface area is 195 Å². The van der Waals surface area contributed by atoms with Crippen molar-refractivity contribution in [2.75, 3.05) is 18.4 Å². The van der Waals surface area contributed by atoms with Gasteiger partial charge in [-0.15, -0.1) is 0 Å². The van der Waals surface area contributed by atoms with Gasteiger partial charge in [0.25, 0.3) is 5.91 Å². The molecule has 0 unspecified atom stereocenters. The summed E-state index contributed by atoms with van der Waals surface area (Å²) in [6.07, 6.45) is 3.41. The lowest BCUT2D eigenvalue weighted by Crippen LogP contribution is -2.31. The Hall–Kier alpha value is -2.40. The standard InChI is InChI=1S/C21H22ClFN4O3S2/c1-4-27(5-2)32(29,30)19-12-14(6-8-16(19)22)20(28)25-17-13-15(23)7-9-18(17)31-21-24-10-11-26(21)3/h6-13H,4-5H2,1-3H3,(H,25,28). The lowest BCUT2D eigenvalue weighted by atomic mass is 10.2. The second-order valence-corrected chi connectivity index (χ2v) is 10.1. The highest BCUT2D eigenvalue weighted by molar-refractivity contribution is 7.99. The van der Waals surface area contributed by atoms with Crippen molar-refractivity contribution in [1.82, 2.24) is 13.9 Å². The van der Waals surface area contributed by atoms with Crippen LogP contribution in [0, 0.1) is 5.82 Å². The molecule has 0 bridgehead atoms. The van der Waals surface area contributed by atoms with Gasteiger partial charge < -0.3 is 9.88 Å². The molecule has 0 radical (unpaired) electrons. The molecule has 0 aliphatic rings. The van der Waals surface area contributed by atoms with E-state index in [1.807, 2.05) is 7.05 Å².